The summed E-state index contributed by atoms with van der Waals surface area (Å²) in [6, 6.07) is 1.04. The molecule has 3 nitrogen and oxygen atoms in total. The van der Waals surface area contributed by atoms with Crippen molar-refractivity contribution < 1.29 is 4.79 Å². The second-order valence-corrected chi connectivity index (χ2v) is 4.29. The molecule has 13 heavy (non-hydrogen) atoms. The van der Waals surface area contributed by atoms with E-state index in [4.69, 9.17) is 0 Å². The van der Waals surface area contributed by atoms with Gasteiger partial charge >= 0.3 is 0 Å². The Hall–Kier alpha value is -0.570. The van der Waals surface area contributed by atoms with Crippen LogP contribution in [0.5, 0.6) is 0 Å². The van der Waals surface area contributed by atoms with Gasteiger partial charge in [-0.15, -0.1) is 0 Å². The van der Waals surface area contributed by atoms with E-state index in [1.807, 2.05) is 7.05 Å². The average Bonchev–Trinajstić information content (AvgIpc) is 2.84. The van der Waals surface area contributed by atoms with E-state index in [-0.39, 0.29) is 0 Å². The quantitative estimate of drug-likeness (QED) is 0.693. The zero-order chi connectivity index (χ0) is 9.42. The van der Waals surface area contributed by atoms with Crippen LogP contribution in [0, 0.1) is 5.92 Å². The highest BCUT2D eigenvalue weighted by Crippen LogP contribution is 2.36. The molecule has 0 aromatic rings. The van der Waals surface area contributed by atoms with Gasteiger partial charge in [0.15, 0.2) is 0 Å². The molecule has 0 spiro atoms. The van der Waals surface area contributed by atoms with Crippen molar-refractivity contribution in [3.05, 3.63) is 0 Å². The van der Waals surface area contributed by atoms with Gasteiger partial charge in [0, 0.05) is 31.0 Å². The monoisotopic (exact) mass is 182 g/mol. The third kappa shape index (κ3) is 1.57. The molecular formula is C10H18N2O. The van der Waals surface area contributed by atoms with Gasteiger partial charge < -0.3 is 10.2 Å². The molecule has 1 saturated heterocycles. The zero-order valence-corrected chi connectivity index (χ0v) is 8.42. The van der Waals surface area contributed by atoms with E-state index in [1.54, 1.807) is 0 Å². The summed E-state index contributed by atoms with van der Waals surface area (Å²) in [5, 5.41) is 3.16. The van der Waals surface area contributed by atoms with Crippen LogP contribution < -0.4 is 5.32 Å². The Kier molecular flexibility index (Phi) is 2.28. The van der Waals surface area contributed by atoms with Crippen LogP contribution in [0.2, 0.25) is 0 Å². The fourth-order valence-electron chi connectivity index (χ4n) is 2.35. The average molecular weight is 182 g/mol. The van der Waals surface area contributed by atoms with Gasteiger partial charge in [-0.2, -0.15) is 0 Å². The maximum absolute atomic E-state index is 11.6. The highest BCUT2D eigenvalue weighted by molar-refractivity contribution is 5.80. The number of rotatable bonds is 3. The first-order chi connectivity index (χ1) is 6.24. The second-order valence-electron chi connectivity index (χ2n) is 4.29. The number of nitrogens with zero attached hydrogens (tertiary/aromatic N) is 1. The molecule has 3 heteroatoms. The summed E-state index contributed by atoms with van der Waals surface area (Å²) >= 11 is 0. The number of carbonyl (C=O) groups is 1. The van der Waals surface area contributed by atoms with Gasteiger partial charge in [-0.05, 0) is 26.8 Å². The van der Waals surface area contributed by atoms with E-state index in [2.05, 4.69) is 17.1 Å². The van der Waals surface area contributed by atoms with Gasteiger partial charge in [0.25, 0.3) is 0 Å². The molecular weight excluding hydrogens is 164 g/mol. The van der Waals surface area contributed by atoms with Crippen molar-refractivity contribution in [1.29, 1.82) is 0 Å². The lowest BCUT2D eigenvalue weighted by Gasteiger charge is -2.24. The fourth-order valence-corrected chi connectivity index (χ4v) is 2.35. The third-order valence-electron chi connectivity index (χ3n) is 3.25. The molecule has 1 aliphatic carbocycles. The van der Waals surface area contributed by atoms with E-state index < -0.39 is 0 Å². The maximum atomic E-state index is 11.6. The van der Waals surface area contributed by atoms with Crippen LogP contribution in [0.3, 0.4) is 0 Å². The molecule has 1 heterocycles. The van der Waals surface area contributed by atoms with Gasteiger partial charge in [0.2, 0.25) is 5.91 Å². The summed E-state index contributed by atoms with van der Waals surface area (Å²) < 4.78 is 0. The molecule has 0 aromatic carbocycles. The van der Waals surface area contributed by atoms with Crippen LogP contribution in [0.25, 0.3) is 0 Å². The molecule has 74 valence electrons. The predicted octanol–water partition coefficient (Wildman–Crippen LogP) is 0.605. The largest absolute Gasteiger partial charge is 0.337 e. The van der Waals surface area contributed by atoms with E-state index in [9.17, 15) is 4.79 Å². The third-order valence-corrected chi connectivity index (χ3v) is 3.25. The number of carbonyl (C=O) groups excluding carboxylic acids is 1. The summed E-state index contributed by atoms with van der Waals surface area (Å²) in [6.07, 6.45) is 3.20. The molecule has 2 unspecified atom stereocenters. The van der Waals surface area contributed by atoms with Crippen molar-refractivity contribution in [2.45, 2.75) is 38.3 Å². The van der Waals surface area contributed by atoms with E-state index in [0.29, 0.717) is 23.9 Å². The van der Waals surface area contributed by atoms with E-state index in [1.165, 1.54) is 12.8 Å². The molecule has 0 radical (unpaired) electrons. The Labute approximate surface area is 79.5 Å². The second kappa shape index (κ2) is 3.29. The Bertz CT molecular complexity index is 213. The normalized spacial score (nSPS) is 34.3. The van der Waals surface area contributed by atoms with Gasteiger partial charge in [-0.25, -0.2) is 0 Å². The molecule has 2 fully saturated rings. The maximum Gasteiger partial charge on any atom is 0.223 e. The molecule has 0 aromatic heterocycles. The Morgan fingerprint density at radius 2 is 2.23 bits per heavy atom. The predicted molar refractivity (Wildman–Crippen MR) is 51.4 cm³/mol. The van der Waals surface area contributed by atoms with Crippen molar-refractivity contribution in [3.8, 4) is 0 Å². The number of hydrogen-bond donors (Lipinski definition) is 1. The Morgan fingerprint density at radius 1 is 1.54 bits per heavy atom. The zero-order valence-electron chi connectivity index (χ0n) is 8.42. The molecule has 1 aliphatic heterocycles. The lowest BCUT2D eigenvalue weighted by Crippen LogP contribution is -2.36. The number of likely N-dealkylation sites (tertiary alicyclic amines) is 1. The minimum Gasteiger partial charge on any atom is -0.337 e. The fraction of sp³-hybridized carbons (Fsp3) is 0.900. The molecule has 1 saturated carbocycles. The first-order valence-electron chi connectivity index (χ1n) is 5.19. The van der Waals surface area contributed by atoms with Crippen LogP contribution in [-0.2, 0) is 4.79 Å². The Balaban J connectivity index is 2.00. The lowest BCUT2D eigenvalue weighted by molar-refractivity contribution is -0.129. The minimum atomic E-state index is 0.371. The number of nitrogens with one attached hydrogen (secondary N) is 1. The highest BCUT2D eigenvalue weighted by atomic mass is 16.2. The number of amides is 1. The molecule has 2 aliphatic rings. The van der Waals surface area contributed by atoms with Gasteiger partial charge in [-0.3, -0.25) is 4.79 Å². The lowest BCUT2D eigenvalue weighted by atomic mass is 10.0. The summed E-state index contributed by atoms with van der Waals surface area (Å²) in [5.74, 6) is 0.897. The van der Waals surface area contributed by atoms with Crippen molar-refractivity contribution >= 4 is 5.91 Å². The van der Waals surface area contributed by atoms with Crippen LogP contribution in [0.15, 0.2) is 0 Å². The Morgan fingerprint density at radius 3 is 2.77 bits per heavy atom. The van der Waals surface area contributed by atoms with Gasteiger partial charge in [-0.1, -0.05) is 0 Å². The van der Waals surface area contributed by atoms with Gasteiger partial charge in [0.1, 0.15) is 0 Å². The summed E-state index contributed by atoms with van der Waals surface area (Å²) in [6.45, 7) is 3.15. The minimum absolute atomic E-state index is 0.371. The van der Waals surface area contributed by atoms with Crippen LogP contribution in [-0.4, -0.2) is 36.5 Å². The first kappa shape index (κ1) is 9.00. The van der Waals surface area contributed by atoms with Crippen molar-refractivity contribution in [2.24, 2.45) is 5.92 Å². The van der Waals surface area contributed by atoms with E-state index in [0.717, 1.165) is 13.0 Å². The summed E-state index contributed by atoms with van der Waals surface area (Å²) in [4.78, 5) is 13.8. The SMILES string of the molecule is CNCC1CC(=O)N(C2CC2)C1C. The smallest absolute Gasteiger partial charge is 0.223 e. The molecule has 1 N–H and O–H groups in total. The summed E-state index contributed by atoms with van der Waals surface area (Å²) in [5.41, 5.74) is 0. The van der Waals surface area contributed by atoms with Crippen LogP contribution >= 0.6 is 0 Å². The highest BCUT2D eigenvalue weighted by Gasteiger charge is 2.43. The molecule has 0 bridgehead atoms. The van der Waals surface area contributed by atoms with Crippen molar-refractivity contribution in [3.63, 3.8) is 0 Å². The summed E-state index contributed by atoms with van der Waals surface area (Å²) in [7, 11) is 1.96. The van der Waals surface area contributed by atoms with Crippen molar-refractivity contribution in [1.82, 2.24) is 10.2 Å². The molecule has 1 amide bonds. The topological polar surface area (TPSA) is 32.3 Å². The van der Waals surface area contributed by atoms with E-state index >= 15 is 0 Å². The van der Waals surface area contributed by atoms with Crippen molar-refractivity contribution in [2.75, 3.05) is 13.6 Å². The van der Waals surface area contributed by atoms with Gasteiger partial charge in [0.05, 0.1) is 0 Å². The van der Waals surface area contributed by atoms with Crippen LogP contribution in [0.4, 0.5) is 0 Å². The first-order valence-corrected chi connectivity index (χ1v) is 5.19. The standard InChI is InChI=1S/C10H18N2O/c1-7-8(6-11-2)5-10(13)12(7)9-3-4-9/h7-9,11H,3-6H2,1-2H3. The molecule has 2 rings (SSSR count). The van der Waals surface area contributed by atoms with Crippen LogP contribution in [0.1, 0.15) is 26.2 Å². The molecule has 2 atom stereocenters. The number of hydrogen-bond acceptors (Lipinski definition) is 2.